The van der Waals surface area contributed by atoms with Crippen LogP contribution in [0.4, 0.5) is 0 Å². The third-order valence-electron chi connectivity index (χ3n) is 2.39. The standard InChI is InChI=1S/C12H13NO3/c1-7(2)5-11-9-6-8(12(14)15)3-4-10(9)13-16-11/h3-4,6-7H,5H2,1-2H3,(H,14,15). The van der Waals surface area contributed by atoms with Crippen molar-refractivity contribution in [2.75, 3.05) is 0 Å². The molecule has 0 saturated carbocycles. The van der Waals surface area contributed by atoms with Crippen LogP contribution in [-0.2, 0) is 6.42 Å². The van der Waals surface area contributed by atoms with E-state index >= 15 is 0 Å². The summed E-state index contributed by atoms with van der Waals surface area (Å²) in [7, 11) is 0. The second-order valence-electron chi connectivity index (χ2n) is 4.24. The number of fused-ring (bicyclic) bond motifs is 1. The van der Waals surface area contributed by atoms with Crippen molar-refractivity contribution in [1.82, 2.24) is 5.16 Å². The van der Waals surface area contributed by atoms with Crippen LogP contribution in [0.25, 0.3) is 10.9 Å². The first-order valence-corrected chi connectivity index (χ1v) is 5.19. The first-order chi connectivity index (χ1) is 7.58. The van der Waals surface area contributed by atoms with Crippen molar-refractivity contribution in [3.8, 4) is 0 Å². The Morgan fingerprint density at radius 3 is 2.88 bits per heavy atom. The highest BCUT2D eigenvalue weighted by atomic mass is 16.5. The zero-order valence-electron chi connectivity index (χ0n) is 9.23. The van der Waals surface area contributed by atoms with E-state index in [1.54, 1.807) is 12.1 Å². The highest BCUT2D eigenvalue weighted by Gasteiger charge is 2.12. The minimum Gasteiger partial charge on any atom is -0.478 e. The van der Waals surface area contributed by atoms with Gasteiger partial charge in [-0.05, 0) is 24.1 Å². The van der Waals surface area contributed by atoms with Gasteiger partial charge in [-0.1, -0.05) is 19.0 Å². The van der Waals surface area contributed by atoms with E-state index in [0.717, 1.165) is 17.6 Å². The molecule has 0 aliphatic rings. The van der Waals surface area contributed by atoms with Gasteiger partial charge in [-0.2, -0.15) is 0 Å². The summed E-state index contributed by atoms with van der Waals surface area (Å²) in [5, 5.41) is 13.6. The van der Waals surface area contributed by atoms with Crippen molar-refractivity contribution in [3.63, 3.8) is 0 Å². The highest BCUT2D eigenvalue weighted by Crippen LogP contribution is 2.22. The number of hydrogen-bond donors (Lipinski definition) is 1. The molecule has 0 aliphatic heterocycles. The van der Waals surface area contributed by atoms with Gasteiger partial charge in [0.05, 0.1) is 5.56 Å². The van der Waals surface area contributed by atoms with Gasteiger partial charge in [-0.25, -0.2) is 4.79 Å². The lowest BCUT2D eigenvalue weighted by Gasteiger charge is -2.00. The summed E-state index contributed by atoms with van der Waals surface area (Å²) >= 11 is 0. The van der Waals surface area contributed by atoms with Crippen LogP contribution in [0, 0.1) is 5.92 Å². The molecule has 4 heteroatoms. The van der Waals surface area contributed by atoms with Crippen molar-refractivity contribution < 1.29 is 14.4 Å². The molecule has 84 valence electrons. The van der Waals surface area contributed by atoms with E-state index < -0.39 is 5.97 Å². The fourth-order valence-corrected chi connectivity index (χ4v) is 1.64. The van der Waals surface area contributed by atoms with Crippen LogP contribution in [0.5, 0.6) is 0 Å². The van der Waals surface area contributed by atoms with Gasteiger partial charge in [0.25, 0.3) is 0 Å². The lowest BCUT2D eigenvalue weighted by molar-refractivity contribution is 0.0697. The predicted octanol–water partition coefficient (Wildman–Crippen LogP) is 2.72. The van der Waals surface area contributed by atoms with Gasteiger partial charge in [-0.15, -0.1) is 0 Å². The molecule has 0 spiro atoms. The Hall–Kier alpha value is -1.84. The molecule has 1 aromatic carbocycles. The molecular formula is C12H13NO3. The van der Waals surface area contributed by atoms with Crippen LogP contribution in [-0.4, -0.2) is 16.2 Å². The molecule has 1 aromatic heterocycles. The van der Waals surface area contributed by atoms with Crippen molar-refractivity contribution in [2.45, 2.75) is 20.3 Å². The van der Waals surface area contributed by atoms with Crippen LogP contribution in [0.2, 0.25) is 0 Å². The second kappa shape index (κ2) is 3.96. The van der Waals surface area contributed by atoms with Gasteiger partial charge in [-0.3, -0.25) is 0 Å². The number of rotatable bonds is 3. The number of carboxylic acids is 1. The summed E-state index contributed by atoms with van der Waals surface area (Å²) < 4.78 is 5.22. The molecule has 2 rings (SSSR count). The van der Waals surface area contributed by atoms with E-state index in [2.05, 4.69) is 19.0 Å². The molecule has 0 unspecified atom stereocenters. The first-order valence-electron chi connectivity index (χ1n) is 5.19. The van der Waals surface area contributed by atoms with Crippen LogP contribution >= 0.6 is 0 Å². The zero-order valence-corrected chi connectivity index (χ0v) is 9.23. The number of carboxylic acid groups (broad SMARTS) is 1. The van der Waals surface area contributed by atoms with Crippen molar-refractivity contribution in [2.24, 2.45) is 5.92 Å². The average Bonchev–Trinajstić information content (AvgIpc) is 2.60. The molecule has 0 atom stereocenters. The van der Waals surface area contributed by atoms with Gasteiger partial charge in [0.2, 0.25) is 0 Å². The Morgan fingerprint density at radius 1 is 1.50 bits per heavy atom. The summed E-state index contributed by atoms with van der Waals surface area (Å²) in [4.78, 5) is 10.8. The monoisotopic (exact) mass is 219 g/mol. The summed E-state index contributed by atoms with van der Waals surface area (Å²) in [6.45, 7) is 4.16. The Kier molecular flexibility index (Phi) is 2.64. The lowest BCUT2D eigenvalue weighted by atomic mass is 10.0. The van der Waals surface area contributed by atoms with Gasteiger partial charge in [0, 0.05) is 11.8 Å². The van der Waals surface area contributed by atoms with Crippen molar-refractivity contribution in [3.05, 3.63) is 29.5 Å². The highest BCUT2D eigenvalue weighted by molar-refractivity contribution is 5.93. The second-order valence-corrected chi connectivity index (χ2v) is 4.24. The SMILES string of the molecule is CC(C)Cc1onc2ccc(C(=O)O)cc12. The molecule has 0 fully saturated rings. The number of nitrogens with zero attached hydrogens (tertiary/aromatic N) is 1. The number of benzene rings is 1. The average molecular weight is 219 g/mol. The topological polar surface area (TPSA) is 63.3 Å². The third kappa shape index (κ3) is 1.91. The van der Waals surface area contributed by atoms with Crippen LogP contribution in [0.3, 0.4) is 0 Å². The quantitative estimate of drug-likeness (QED) is 0.862. The van der Waals surface area contributed by atoms with Gasteiger partial charge in [0.1, 0.15) is 11.3 Å². The number of hydrogen-bond acceptors (Lipinski definition) is 3. The molecule has 0 amide bonds. The van der Waals surface area contributed by atoms with E-state index in [1.807, 2.05) is 0 Å². The molecule has 4 nitrogen and oxygen atoms in total. The minimum atomic E-state index is -0.932. The first kappa shape index (κ1) is 10.7. The molecule has 1 heterocycles. The maximum Gasteiger partial charge on any atom is 0.335 e. The molecule has 0 radical (unpaired) electrons. The molecule has 1 N–H and O–H groups in total. The molecular weight excluding hydrogens is 206 g/mol. The Bertz CT molecular complexity index is 528. The van der Waals surface area contributed by atoms with E-state index in [1.165, 1.54) is 6.07 Å². The lowest BCUT2D eigenvalue weighted by Crippen LogP contribution is -1.96. The maximum atomic E-state index is 10.8. The largest absolute Gasteiger partial charge is 0.478 e. The Labute approximate surface area is 92.9 Å². The molecule has 0 bridgehead atoms. The maximum absolute atomic E-state index is 10.8. The normalized spacial score (nSPS) is 11.2. The van der Waals surface area contributed by atoms with E-state index in [0.29, 0.717) is 11.4 Å². The number of aromatic nitrogens is 1. The predicted molar refractivity (Wildman–Crippen MR) is 59.5 cm³/mol. The zero-order chi connectivity index (χ0) is 11.7. The van der Waals surface area contributed by atoms with Crippen molar-refractivity contribution >= 4 is 16.9 Å². The fraction of sp³-hybridized carbons (Fsp3) is 0.333. The van der Waals surface area contributed by atoms with Crippen LogP contribution in [0.1, 0.15) is 30.0 Å². The van der Waals surface area contributed by atoms with E-state index in [9.17, 15) is 4.79 Å². The number of aromatic carboxylic acids is 1. The Balaban J connectivity index is 2.51. The summed E-state index contributed by atoms with van der Waals surface area (Å²) in [6, 6.07) is 4.82. The summed E-state index contributed by atoms with van der Waals surface area (Å²) in [5.41, 5.74) is 0.973. The van der Waals surface area contributed by atoms with Gasteiger partial charge >= 0.3 is 5.97 Å². The summed E-state index contributed by atoms with van der Waals surface area (Å²) in [6.07, 6.45) is 0.763. The van der Waals surface area contributed by atoms with Crippen molar-refractivity contribution in [1.29, 1.82) is 0 Å². The minimum absolute atomic E-state index is 0.265. The summed E-state index contributed by atoms with van der Waals surface area (Å²) in [5.74, 6) is 0.274. The fourth-order valence-electron chi connectivity index (χ4n) is 1.64. The smallest absolute Gasteiger partial charge is 0.335 e. The van der Waals surface area contributed by atoms with Crippen LogP contribution < -0.4 is 0 Å². The van der Waals surface area contributed by atoms with E-state index in [-0.39, 0.29) is 5.56 Å². The van der Waals surface area contributed by atoms with Gasteiger partial charge in [0.15, 0.2) is 0 Å². The van der Waals surface area contributed by atoms with E-state index in [4.69, 9.17) is 9.63 Å². The Morgan fingerprint density at radius 2 is 2.25 bits per heavy atom. The molecule has 0 saturated heterocycles. The molecule has 16 heavy (non-hydrogen) atoms. The van der Waals surface area contributed by atoms with Gasteiger partial charge < -0.3 is 9.63 Å². The van der Waals surface area contributed by atoms with Crippen LogP contribution in [0.15, 0.2) is 22.7 Å². The molecule has 2 aromatic rings. The number of carbonyl (C=O) groups is 1. The third-order valence-corrected chi connectivity index (χ3v) is 2.39. The molecule has 0 aliphatic carbocycles.